The van der Waals surface area contributed by atoms with Gasteiger partial charge in [-0.15, -0.1) is 0 Å². The summed E-state index contributed by atoms with van der Waals surface area (Å²) < 4.78 is 33.0. The van der Waals surface area contributed by atoms with Crippen LogP contribution in [0.3, 0.4) is 0 Å². The van der Waals surface area contributed by atoms with Crippen LogP contribution in [0.25, 0.3) is 0 Å². The molecule has 2 rings (SSSR count). The minimum atomic E-state index is -0.416. The molecule has 2 aromatic carbocycles. The van der Waals surface area contributed by atoms with Crippen molar-refractivity contribution in [3.63, 3.8) is 0 Å². The van der Waals surface area contributed by atoms with Crippen molar-refractivity contribution >= 4 is 15.9 Å². The van der Waals surface area contributed by atoms with Gasteiger partial charge in [-0.05, 0) is 42.8 Å². The summed E-state index contributed by atoms with van der Waals surface area (Å²) in [4.78, 5) is 0. The van der Waals surface area contributed by atoms with Crippen molar-refractivity contribution in [1.82, 2.24) is 5.32 Å². The van der Waals surface area contributed by atoms with Gasteiger partial charge in [0.15, 0.2) is 0 Å². The fourth-order valence-corrected chi connectivity index (χ4v) is 2.36. The van der Waals surface area contributed by atoms with Gasteiger partial charge in [-0.1, -0.05) is 22.9 Å². The molecule has 0 unspecified atom stereocenters. The number of rotatable bonds is 6. The van der Waals surface area contributed by atoms with E-state index < -0.39 is 5.82 Å². The highest BCUT2D eigenvalue weighted by molar-refractivity contribution is 9.10. The topological polar surface area (TPSA) is 21.3 Å². The quantitative estimate of drug-likeness (QED) is 0.734. The molecule has 0 radical (unpaired) electrons. The number of halogens is 3. The molecule has 2 aromatic rings. The Morgan fingerprint density at radius 1 is 1.00 bits per heavy atom. The molecule has 0 aliphatic heterocycles. The molecule has 5 heteroatoms. The number of nitrogens with one attached hydrogen (secondary N) is 1. The first-order valence-electron chi connectivity index (χ1n) is 6.71. The molecule has 0 aromatic heterocycles. The van der Waals surface area contributed by atoms with Crippen LogP contribution in [0.2, 0.25) is 0 Å². The normalized spacial score (nSPS) is 10.7. The first-order chi connectivity index (χ1) is 10.1. The molecule has 0 saturated heterocycles. The van der Waals surface area contributed by atoms with Crippen LogP contribution in [0, 0.1) is 11.6 Å². The summed E-state index contributed by atoms with van der Waals surface area (Å²) in [7, 11) is 0. The van der Waals surface area contributed by atoms with Gasteiger partial charge in [-0.2, -0.15) is 0 Å². The maximum absolute atomic E-state index is 13.6. The van der Waals surface area contributed by atoms with Crippen molar-refractivity contribution in [3.05, 3.63) is 58.1 Å². The maximum atomic E-state index is 13.6. The maximum Gasteiger partial charge on any atom is 0.131 e. The van der Waals surface area contributed by atoms with Crippen molar-refractivity contribution in [2.45, 2.75) is 19.9 Å². The Balaban J connectivity index is 2.15. The Morgan fingerprint density at radius 3 is 2.33 bits per heavy atom. The van der Waals surface area contributed by atoms with Crippen LogP contribution in [0.4, 0.5) is 8.78 Å². The van der Waals surface area contributed by atoms with E-state index in [9.17, 15) is 8.78 Å². The molecule has 21 heavy (non-hydrogen) atoms. The SMILES string of the molecule is CCCNCc1cc(F)cc(Oc2cc(F)cc(Br)c2)c1. The van der Waals surface area contributed by atoms with Crippen LogP contribution < -0.4 is 10.1 Å². The number of ether oxygens (including phenoxy) is 1. The second-order valence-electron chi connectivity index (χ2n) is 4.68. The van der Waals surface area contributed by atoms with E-state index in [4.69, 9.17) is 4.74 Å². The second kappa shape index (κ2) is 7.52. The van der Waals surface area contributed by atoms with Crippen molar-refractivity contribution < 1.29 is 13.5 Å². The van der Waals surface area contributed by atoms with Crippen molar-refractivity contribution in [2.24, 2.45) is 0 Å². The highest BCUT2D eigenvalue weighted by Crippen LogP contribution is 2.27. The molecule has 0 amide bonds. The van der Waals surface area contributed by atoms with E-state index in [-0.39, 0.29) is 5.82 Å². The number of benzene rings is 2. The molecular weight excluding hydrogens is 340 g/mol. The summed E-state index contributed by atoms with van der Waals surface area (Å²) in [5.41, 5.74) is 0.786. The molecule has 0 bridgehead atoms. The van der Waals surface area contributed by atoms with Gasteiger partial charge in [0.1, 0.15) is 23.1 Å². The average Bonchev–Trinajstić information content (AvgIpc) is 2.37. The van der Waals surface area contributed by atoms with Crippen LogP contribution >= 0.6 is 15.9 Å². The fraction of sp³-hybridized carbons (Fsp3) is 0.250. The van der Waals surface area contributed by atoms with Crippen LogP contribution in [-0.4, -0.2) is 6.54 Å². The predicted molar refractivity (Wildman–Crippen MR) is 82.6 cm³/mol. The molecule has 1 N–H and O–H groups in total. The third-order valence-corrected chi connectivity index (χ3v) is 3.22. The molecule has 0 atom stereocenters. The van der Waals surface area contributed by atoms with Gasteiger partial charge in [0.25, 0.3) is 0 Å². The third kappa shape index (κ3) is 5.10. The van der Waals surface area contributed by atoms with Crippen molar-refractivity contribution in [2.75, 3.05) is 6.54 Å². The van der Waals surface area contributed by atoms with Crippen molar-refractivity contribution in [1.29, 1.82) is 0 Å². The van der Waals surface area contributed by atoms with E-state index in [1.165, 1.54) is 24.3 Å². The van der Waals surface area contributed by atoms with Gasteiger partial charge in [0, 0.05) is 23.2 Å². The summed E-state index contributed by atoms with van der Waals surface area (Å²) in [5.74, 6) is -0.127. The summed E-state index contributed by atoms with van der Waals surface area (Å²) in [6.45, 7) is 3.49. The van der Waals surface area contributed by atoms with E-state index in [0.29, 0.717) is 22.5 Å². The Morgan fingerprint density at radius 2 is 1.67 bits per heavy atom. The largest absolute Gasteiger partial charge is 0.457 e. The van der Waals surface area contributed by atoms with Gasteiger partial charge in [-0.3, -0.25) is 0 Å². The third-order valence-electron chi connectivity index (χ3n) is 2.76. The van der Waals surface area contributed by atoms with E-state index in [1.54, 1.807) is 12.1 Å². The Kier molecular flexibility index (Phi) is 5.70. The van der Waals surface area contributed by atoms with Crippen LogP contribution in [0.5, 0.6) is 11.5 Å². The Hall–Kier alpha value is -1.46. The number of hydrogen-bond donors (Lipinski definition) is 1. The van der Waals surface area contributed by atoms with E-state index in [2.05, 4.69) is 28.2 Å². The van der Waals surface area contributed by atoms with Gasteiger partial charge in [0.2, 0.25) is 0 Å². The van der Waals surface area contributed by atoms with Gasteiger partial charge >= 0.3 is 0 Å². The lowest BCUT2D eigenvalue weighted by Gasteiger charge is -2.09. The van der Waals surface area contributed by atoms with Gasteiger partial charge < -0.3 is 10.1 Å². The summed E-state index contributed by atoms with van der Waals surface area (Å²) in [6, 6.07) is 8.69. The highest BCUT2D eigenvalue weighted by atomic mass is 79.9. The van der Waals surface area contributed by atoms with Crippen LogP contribution in [0.15, 0.2) is 40.9 Å². The Bertz CT molecular complexity index is 599. The molecule has 0 spiro atoms. The van der Waals surface area contributed by atoms with Crippen LogP contribution in [-0.2, 0) is 6.54 Å². The zero-order valence-corrected chi connectivity index (χ0v) is 13.2. The standard InChI is InChI=1S/C16H16BrF2NO/c1-2-3-20-10-11-4-13(18)8-15(5-11)21-16-7-12(17)6-14(19)9-16/h4-9,20H,2-3,10H2,1H3. The lowest BCUT2D eigenvalue weighted by atomic mass is 10.2. The minimum absolute atomic E-state index is 0.319. The average molecular weight is 356 g/mol. The first kappa shape index (κ1) is 15.9. The summed E-state index contributed by atoms with van der Waals surface area (Å²) in [5, 5.41) is 3.20. The molecular formula is C16H16BrF2NO. The van der Waals surface area contributed by atoms with Crippen LogP contribution in [0.1, 0.15) is 18.9 Å². The molecule has 112 valence electrons. The van der Waals surface area contributed by atoms with Gasteiger partial charge in [0.05, 0.1) is 0 Å². The smallest absolute Gasteiger partial charge is 0.131 e. The molecule has 0 saturated carbocycles. The summed E-state index contributed by atoms with van der Waals surface area (Å²) in [6.07, 6.45) is 1.01. The van der Waals surface area contributed by atoms with E-state index >= 15 is 0 Å². The lowest BCUT2D eigenvalue weighted by Crippen LogP contribution is -2.13. The van der Waals surface area contributed by atoms with Gasteiger partial charge in [-0.25, -0.2) is 8.78 Å². The molecule has 0 aliphatic rings. The zero-order chi connectivity index (χ0) is 15.2. The fourth-order valence-electron chi connectivity index (χ4n) is 1.91. The monoisotopic (exact) mass is 355 g/mol. The first-order valence-corrected chi connectivity index (χ1v) is 7.50. The Labute approximate surface area is 131 Å². The predicted octanol–water partition coefficient (Wildman–Crippen LogP) is 5.02. The molecule has 0 fully saturated rings. The van der Waals surface area contributed by atoms with E-state index in [1.807, 2.05) is 0 Å². The number of hydrogen-bond acceptors (Lipinski definition) is 2. The van der Waals surface area contributed by atoms with Crippen molar-refractivity contribution in [3.8, 4) is 11.5 Å². The summed E-state index contributed by atoms with van der Waals surface area (Å²) >= 11 is 3.19. The second-order valence-corrected chi connectivity index (χ2v) is 5.59. The molecule has 0 aliphatic carbocycles. The molecule has 2 nitrogen and oxygen atoms in total. The van der Waals surface area contributed by atoms with E-state index in [0.717, 1.165) is 18.5 Å². The zero-order valence-electron chi connectivity index (χ0n) is 11.6. The molecule has 0 heterocycles. The highest BCUT2D eigenvalue weighted by Gasteiger charge is 2.05. The lowest BCUT2D eigenvalue weighted by molar-refractivity contribution is 0.469. The minimum Gasteiger partial charge on any atom is -0.457 e.